The number of rotatable bonds is 5. The van der Waals surface area contributed by atoms with Crippen LogP contribution in [0.3, 0.4) is 0 Å². The fraction of sp³-hybridized carbons (Fsp3) is 0.188. The number of carbonyl (C=O) groups excluding carboxylic acids is 1. The lowest BCUT2D eigenvalue weighted by molar-refractivity contribution is -0.386. The zero-order chi connectivity index (χ0) is 19.7. The van der Waals surface area contributed by atoms with Crippen LogP contribution in [0.5, 0.6) is 0 Å². The Labute approximate surface area is 163 Å². The van der Waals surface area contributed by atoms with Crippen LogP contribution in [0.4, 0.5) is 11.4 Å². The van der Waals surface area contributed by atoms with Crippen LogP contribution >= 0.6 is 23.2 Å². The number of aromatic nitrogens is 4. The van der Waals surface area contributed by atoms with Gasteiger partial charge < -0.3 is 5.32 Å². The van der Waals surface area contributed by atoms with Crippen LogP contribution in [0.25, 0.3) is 0 Å². The van der Waals surface area contributed by atoms with Gasteiger partial charge in [-0.25, -0.2) is 4.68 Å². The lowest BCUT2D eigenvalue weighted by Gasteiger charge is -2.07. The molecule has 3 rings (SSSR count). The summed E-state index contributed by atoms with van der Waals surface area (Å²) >= 11 is 12.1. The molecule has 140 valence electrons. The van der Waals surface area contributed by atoms with Crippen molar-refractivity contribution in [1.29, 1.82) is 0 Å². The summed E-state index contributed by atoms with van der Waals surface area (Å²) in [6.45, 7) is 3.30. The van der Waals surface area contributed by atoms with Crippen molar-refractivity contribution in [3.05, 3.63) is 67.7 Å². The molecule has 1 aromatic carbocycles. The second-order valence-corrected chi connectivity index (χ2v) is 6.52. The van der Waals surface area contributed by atoms with Gasteiger partial charge in [0.05, 0.1) is 20.7 Å². The summed E-state index contributed by atoms with van der Waals surface area (Å²) in [5, 5.41) is 22.7. The summed E-state index contributed by atoms with van der Waals surface area (Å²) in [6, 6.07) is 6.40. The van der Waals surface area contributed by atoms with E-state index in [0.717, 1.165) is 0 Å². The zero-order valence-corrected chi connectivity index (χ0v) is 15.8. The number of carbonyl (C=O) groups is 1. The Bertz CT molecular complexity index is 1020. The summed E-state index contributed by atoms with van der Waals surface area (Å²) in [5.74, 6) is -0.483. The number of hydrogen-bond acceptors (Lipinski definition) is 5. The molecule has 0 aliphatic rings. The molecule has 0 atom stereocenters. The average Bonchev–Trinajstić information content (AvgIpc) is 3.16. The van der Waals surface area contributed by atoms with Gasteiger partial charge in [0, 0.05) is 6.20 Å². The summed E-state index contributed by atoms with van der Waals surface area (Å²) in [7, 11) is 0. The predicted molar refractivity (Wildman–Crippen MR) is 100 cm³/mol. The van der Waals surface area contributed by atoms with E-state index in [1.807, 2.05) is 0 Å². The largest absolute Gasteiger partial charge is 0.318 e. The maximum absolute atomic E-state index is 12.4. The van der Waals surface area contributed by atoms with Gasteiger partial charge in [-0.2, -0.15) is 10.2 Å². The molecule has 0 spiro atoms. The van der Waals surface area contributed by atoms with Gasteiger partial charge in [-0.15, -0.1) is 0 Å². The second kappa shape index (κ2) is 7.37. The molecule has 1 amide bonds. The number of benzene rings is 1. The molecule has 1 N–H and O–H groups in total. The van der Waals surface area contributed by atoms with Crippen LogP contribution in [-0.4, -0.2) is 30.4 Å². The molecule has 9 nitrogen and oxygen atoms in total. The van der Waals surface area contributed by atoms with Gasteiger partial charge in [0.1, 0.15) is 18.1 Å². The minimum atomic E-state index is -0.483. The number of hydrogen-bond donors (Lipinski definition) is 1. The highest BCUT2D eigenvalue weighted by atomic mass is 35.5. The highest BCUT2D eigenvalue weighted by molar-refractivity contribution is 6.39. The van der Waals surface area contributed by atoms with E-state index in [4.69, 9.17) is 23.2 Å². The highest BCUT2D eigenvalue weighted by Gasteiger charge is 2.22. The Morgan fingerprint density at radius 2 is 1.89 bits per heavy atom. The molecular formula is C16H14Cl2N6O3. The van der Waals surface area contributed by atoms with Crippen molar-refractivity contribution in [2.75, 3.05) is 5.32 Å². The van der Waals surface area contributed by atoms with Crippen molar-refractivity contribution in [2.24, 2.45) is 0 Å². The summed E-state index contributed by atoms with van der Waals surface area (Å²) in [6.07, 6.45) is 1.57. The van der Waals surface area contributed by atoms with Gasteiger partial charge in [0.15, 0.2) is 5.69 Å². The number of para-hydroxylation sites is 1. The van der Waals surface area contributed by atoms with E-state index in [1.54, 1.807) is 38.2 Å². The number of aryl methyl sites for hydroxylation is 1. The third-order valence-corrected chi connectivity index (χ3v) is 4.51. The molecule has 0 aliphatic heterocycles. The number of halogens is 2. The number of nitrogens with one attached hydrogen (secondary N) is 1. The molecule has 3 aromatic rings. The van der Waals surface area contributed by atoms with Crippen molar-refractivity contribution in [1.82, 2.24) is 19.6 Å². The maximum atomic E-state index is 12.4. The third-order valence-electron chi connectivity index (χ3n) is 3.88. The van der Waals surface area contributed by atoms with Gasteiger partial charge in [-0.1, -0.05) is 29.3 Å². The highest BCUT2D eigenvalue weighted by Crippen LogP contribution is 2.30. The number of nitro groups is 1. The van der Waals surface area contributed by atoms with Crippen LogP contribution in [0.1, 0.15) is 21.9 Å². The number of nitrogens with zero attached hydrogens (tertiary/aromatic N) is 5. The predicted octanol–water partition coefficient (Wildman–Crippen LogP) is 3.67. The molecule has 0 saturated heterocycles. The maximum Gasteiger partial charge on any atom is 0.312 e. The molecule has 0 aliphatic carbocycles. The van der Waals surface area contributed by atoms with Crippen molar-refractivity contribution in [2.45, 2.75) is 20.5 Å². The van der Waals surface area contributed by atoms with Gasteiger partial charge in [-0.3, -0.25) is 19.6 Å². The van der Waals surface area contributed by atoms with E-state index in [9.17, 15) is 14.9 Å². The van der Waals surface area contributed by atoms with Crippen LogP contribution < -0.4 is 5.32 Å². The number of anilines is 1. The topological polar surface area (TPSA) is 108 Å². The fourth-order valence-electron chi connectivity index (χ4n) is 2.58. The molecule has 11 heteroatoms. The van der Waals surface area contributed by atoms with E-state index in [2.05, 4.69) is 15.5 Å². The fourth-order valence-corrected chi connectivity index (χ4v) is 3.07. The van der Waals surface area contributed by atoms with E-state index in [1.165, 1.54) is 15.4 Å². The van der Waals surface area contributed by atoms with Crippen molar-refractivity contribution in [3.63, 3.8) is 0 Å². The van der Waals surface area contributed by atoms with Crippen LogP contribution in [0.2, 0.25) is 10.0 Å². The molecule has 2 heterocycles. The Hall–Kier alpha value is -2.91. The lowest BCUT2D eigenvalue weighted by atomic mass is 10.3. The quantitative estimate of drug-likeness (QED) is 0.511. The SMILES string of the molecule is Cc1nn(Cn2ccc(C(=O)Nc3c(Cl)cccc3Cl)n2)c(C)c1[N+](=O)[O-]. The molecule has 0 radical (unpaired) electrons. The van der Waals surface area contributed by atoms with Gasteiger partial charge in [0.2, 0.25) is 0 Å². The zero-order valence-electron chi connectivity index (χ0n) is 14.3. The Morgan fingerprint density at radius 3 is 2.48 bits per heavy atom. The molecule has 0 fully saturated rings. The lowest BCUT2D eigenvalue weighted by Crippen LogP contribution is -2.16. The molecule has 2 aromatic heterocycles. The van der Waals surface area contributed by atoms with Crippen LogP contribution in [0, 0.1) is 24.0 Å². The average molecular weight is 409 g/mol. The minimum absolute atomic E-state index is 0.0338. The second-order valence-electron chi connectivity index (χ2n) is 5.71. The van der Waals surface area contributed by atoms with Gasteiger partial charge in [0.25, 0.3) is 5.91 Å². The number of amides is 1. The molecule has 0 unspecified atom stereocenters. The summed E-state index contributed by atoms with van der Waals surface area (Å²) < 4.78 is 2.90. The first kappa shape index (κ1) is 18.9. The van der Waals surface area contributed by atoms with Crippen molar-refractivity contribution < 1.29 is 9.72 Å². The smallest absolute Gasteiger partial charge is 0.312 e. The van der Waals surface area contributed by atoms with Crippen molar-refractivity contribution in [3.8, 4) is 0 Å². The first-order valence-electron chi connectivity index (χ1n) is 7.75. The first-order valence-corrected chi connectivity index (χ1v) is 8.50. The van der Waals surface area contributed by atoms with Crippen molar-refractivity contribution >= 4 is 40.5 Å². The Balaban J connectivity index is 1.78. The van der Waals surface area contributed by atoms with E-state index >= 15 is 0 Å². The Morgan fingerprint density at radius 1 is 1.22 bits per heavy atom. The Kier molecular flexibility index (Phi) is 5.15. The van der Waals surface area contributed by atoms with E-state index in [-0.39, 0.29) is 18.1 Å². The van der Waals surface area contributed by atoms with Crippen LogP contribution in [0.15, 0.2) is 30.5 Å². The molecule has 27 heavy (non-hydrogen) atoms. The molecule has 0 saturated carbocycles. The normalized spacial score (nSPS) is 10.8. The van der Waals surface area contributed by atoms with Gasteiger partial charge >= 0.3 is 5.69 Å². The van der Waals surface area contributed by atoms with E-state index < -0.39 is 10.8 Å². The first-order chi connectivity index (χ1) is 12.8. The van der Waals surface area contributed by atoms with Gasteiger partial charge in [-0.05, 0) is 32.0 Å². The van der Waals surface area contributed by atoms with Crippen LogP contribution in [-0.2, 0) is 6.67 Å². The molecular weight excluding hydrogens is 395 g/mol. The monoisotopic (exact) mass is 408 g/mol. The summed E-state index contributed by atoms with van der Waals surface area (Å²) in [4.78, 5) is 23.0. The van der Waals surface area contributed by atoms with E-state index in [0.29, 0.717) is 27.1 Å². The summed E-state index contributed by atoms with van der Waals surface area (Å²) in [5.41, 5.74) is 1.13. The molecule has 0 bridgehead atoms. The minimum Gasteiger partial charge on any atom is -0.318 e. The third kappa shape index (κ3) is 3.79. The standard InChI is InChI=1S/C16H14Cl2N6O3/c1-9-15(24(26)27)10(2)23(20-9)8-22-7-6-13(21-22)16(25)19-14-11(17)4-3-5-12(14)18/h3-7H,8H2,1-2H3,(H,19,25).